The smallest absolute Gasteiger partial charge is 0.194 e. The number of nitrogens with one attached hydrogen (secondary N) is 1. The van der Waals surface area contributed by atoms with Crippen molar-refractivity contribution in [1.29, 1.82) is 0 Å². The summed E-state index contributed by atoms with van der Waals surface area (Å²) in [7, 11) is 0. The molecular formula is C17H26IN5OS. The van der Waals surface area contributed by atoms with Gasteiger partial charge in [0.1, 0.15) is 6.26 Å². The minimum absolute atomic E-state index is 0. The number of piperazine rings is 1. The molecule has 1 aliphatic heterocycles. The molecule has 0 atom stereocenters. The summed E-state index contributed by atoms with van der Waals surface area (Å²) < 4.78 is 4.91. The highest BCUT2D eigenvalue weighted by Crippen LogP contribution is 2.10. The van der Waals surface area contributed by atoms with Crippen LogP contribution in [0, 0.1) is 0 Å². The van der Waals surface area contributed by atoms with Gasteiger partial charge >= 0.3 is 0 Å². The van der Waals surface area contributed by atoms with E-state index in [0.717, 1.165) is 63.9 Å². The maximum Gasteiger partial charge on any atom is 0.194 e. The van der Waals surface area contributed by atoms with Crippen LogP contribution in [-0.2, 0) is 13.0 Å². The lowest BCUT2D eigenvalue weighted by atomic mass is 10.3. The predicted octanol–water partition coefficient (Wildman–Crippen LogP) is 2.68. The molecule has 0 bridgehead atoms. The van der Waals surface area contributed by atoms with Crippen LogP contribution in [0.4, 0.5) is 0 Å². The number of aliphatic imine (C=N–C) groups is 1. The highest BCUT2D eigenvalue weighted by atomic mass is 127. The molecule has 2 aromatic rings. The maximum atomic E-state index is 4.91. The van der Waals surface area contributed by atoms with E-state index in [9.17, 15) is 0 Å². The lowest BCUT2D eigenvalue weighted by Crippen LogP contribution is -2.52. The summed E-state index contributed by atoms with van der Waals surface area (Å²) in [4.78, 5) is 11.0. The Morgan fingerprint density at radius 3 is 2.80 bits per heavy atom. The van der Waals surface area contributed by atoms with Crippen molar-refractivity contribution in [2.45, 2.75) is 19.9 Å². The highest BCUT2D eigenvalue weighted by Gasteiger charge is 2.20. The largest absolute Gasteiger partial charge is 0.364 e. The molecule has 1 aliphatic rings. The molecule has 0 aliphatic carbocycles. The van der Waals surface area contributed by atoms with Gasteiger partial charge in [0.2, 0.25) is 0 Å². The predicted molar refractivity (Wildman–Crippen MR) is 113 cm³/mol. The minimum Gasteiger partial charge on any atom is -0.364 e. The van der Waals surface area contributed by atoms with E-state index in [0.29, 0.717) is 0 Å². The van der Waals surface area contributed by atoms with Crippen LogP contribution in [0.1, 0.15) is 17.5 Å². The van der Waals surface area contributed by atoms with Gasteiger partial charge in [-0.15, -0.1) is 35.3 Å². The summed E-state index contributed by atoms with van der Waals surface area (Å²) in [6.45, 7) is 8.72. The van der Waals surface area contributed by atoms with Crippen LogP contribution in [0.5, 0.6) is 0 Å². The van der Waals surface area contributed by atoms with Gasteiger partial charge in [-0.3, -0.25) is 9.89 Å². The molecule has 0 amide bonds. The van der Waals surface area contributed by atoms with Crippen molar-refractivity contribution in [3.63, 3.8) is 0 Å². The number of guanidine groups is 1. The Balaban J connectivity index is 0.00000225. The topological polar surface area (TPSA) is 56.9 Å². The molecule has 3 rings (SSSR count). The molecular weight excluding hydrogens is 449 g/mol. The van der Waals surface area contributed by atoms with Crippen LogP contribution in [0.2, 0.25) is 0 Å². The van der Waals surface area contributed by atoms with E-state index in [-0.39, 0.29) is 24.0 Å². The molecule has 6 nitrogen and oxygen atoms in total. The molecule has 0 saturated carbocycles. The molecule has 3 heterocycles. The van der Waals surface area contributed by atoms with Crippen molar-refractivity contribution >= 4 is 41.3 Å². The van der Waals surface area contributed by atoms with Crippen LogP contribution in [0.3, 0.4) is 0 Å². The zero-order valence-corrected chi connectivity index (χ0v) is 17.7. The van der Waals surface area contributed by atoms with E-state index < -0.39 is 0 Å². The quantitative estimate of drug-likeness (QED) is 0.396. The van der Waals surface area contributed by atoms with Crippen molar-refractivity contribution in [1.82, 2.24) is 20.3 Å². The average Bonchev–Trinajstić information content (AvgIpc) is 3.29. The summed E-state index contributed by atoms with van der Waals surface area (Å²) in [5.41, 5.74) is 1.000. The van der Waals surface area contributed by atoms with Gasteiger partial charge in [0.15, 0.2) is 5.96 Å². The Kier molecular flexibility index (Phi) is 8.70. The van der Waals surface area contributed by atoms with Crippen LogP contribution < -0.4 is 5.32 Å². The number of halogens is 1. The highest BCUT2D eigenvalue weighted by molar-refractivity contribution is 14.0. The zero-order chi connectivity index (χ0) is 16.6. The first-order chi connectivity index (χ1) is 11.8. The second-order valence-electron chi connectivity index (χ2n) is 5.82. The second-order valence-corrected chi connectivity index (χ2v) is 6.85. The average molecular weight is 475 g/mol. The lowest BCUT2D eigenvalue weighted by Gasteiger charge is -2.36. The summed E-state index contributed by atoms with van der Waals surface area (Å²) in [5.74, 6) is 1.04. The SMILES string of the molecule is CCNC(=NCCc1cccs1)N1CCN(Cc2ccon2)CC1.I. The van der Waals surface area contributed by atoms with Gasteiger partial charge in [0, 0.05) is 63.2 Å². The molecule has 138 valence electrons. The van der Waals surface area contributed by atoms with Gasteiger partial charge in [-0.1, -0.05) is 11.2 Å². The second kappa shape index (κ2) is 10.8. The van der Waals surface area contributed by atoms with Crippen LogP contribution in [0.15, 0.2) is 39.4 Å². The number of aromatic nitrogens is 1. The Labute approximate surface area is 170 Å². The standard InChI is InChI=1S/C17H25N5OS.HI/c1-2-18-17(19-7-5-16-4-3-13-24-16)22-10-8-21(9-11-22)14-15-6-12-23-20-15;/h3-4,6,12-13H,2,5,7-11,14H2,1H3,(H,18,19);1H. The lowest BCUT2D eigenvalue weighted by molar-refractivity contribution is 0.169. The van der Waals surface area contributed by atoms with E-state index in [1.54, 1.807) is 17.6 Å². The summed E-state index contributed by atoms with van der Waals surface area (Å²) >= 11 is 1.80. The number of hydrogen-bond acceptors (Lipinski definition) is 5. The summed E-state index contributed by atoms with van der Waals surface area (Å²) in [6, 6.07) is 6.21. The first-order valence-corrected chi connectivity index (χ1v) is 9.40. The van der Waals surface area contributed by atoms with Crippen LogP contribution in [-0.4, -0.2) is 60.2 Å². The Hall–Kier alpha value is -1.13. The Morgan fingerprint density at radius 2 is 2.16 bits per heavy atom. The monoisotopic (exact) mass is 475 g/mol. The van der Waals surface area contributed by atoms with Gasteiger partial charge in [0.05, 0.1) is 5.69 Å². The van der Waals surface area contributed by atoms with Gasteiger partial charge in [-0.05, 0) is 18.4 Å². The number of nitrogens with zero attached hydrogens (tertiary/aromatic N) is 4. The minimum atomic E-state index is 0. The molecule has 8 heteroatoms. The third-order valence-corrected chi connectivity index (χ3v) is 5.02. The Bertz CT molecular complexity index is 609. The first-order valence-electron chi connectivity index (χ1n) is 8.52. The van der Waals surface area contributed by atoms with E-state index in [1.807, 2.05) is 6.07 Å². The fourth-order valence-corrected chi connectivity index (χ4v) is 3.52. The van der Waals surface area contributed by atoms with E-state index in [1.165, 1.54) is 4.88 Å². The third kappa shape index (κ3) is 6.27. The number of hydrogen-bond donors (Lipinski definition) is 1. The zero-order valence-electron chi connectivity index (χ0n) is 14.6. The van der Waals surface area contributed by atoms with Crippen molar-refractivity contribution in [3.05, 3.63) is 40.4 Å². The fourth-order valence-electron chi connectivity index (χ4n) is 2.82. The molecule has 25 heavy (non-hydrogen) atoms. The fraction of sp³-hybridized carbons (Fsp3) is 0.529. The van der Waals surface area contributed by atoms with Gasteiger partial charge in [0.25, 0.3) is 0 Å². The van der Waals surface area contributed by atoms with Gasteiger partial charge in [-0.2, -0.15) is 0 Å². The van der Waals surface area contributed by atoms with Crippen molar-refractivity contribution < 1.29 is 4.52 Å². The Morgan fingerprint density at radius 1 is 1.32 bits per heavy atom. The first kappa shape index (κ1) is 20.2. The molecule has 0 aromatic carbocycles. The molecule has 1 saturated heterocycles. The number of thiophene rings is 1. The maximum absolute atomic E-state index is 4.91. The van der Waals surface area contributed by atoms with Crippen molar-refractivity contribution in [2.75, 3.05) is 39.3 Å². The molecule has 1 N–H and O–H groups in total. The molecule has 2 aromatic heterocycles. The molecule has 0 unspecified atom stereocenters. The normalized spacial score (nSPS) is 15.9. The molecule has 0 spiro atoms. The molecule has 0 radical (unpaired) electrons. The van der Waals surface area contributed by atoms with Gasteiger partial charge in [-0.25, -0.2) is 0 Å². The van der Waals surface area contributed by atoms with Crippen molar-refractivity contribution in [3.8, 4) is 0 Å². The summed E-state index contributed by atoms with van der Waals surface area (Å²) in [5, 5.41) is 9.54. The van der Waals surface area contributed by atoms with Gasteiger partial charge < -0.3 is 14.7 Å². The van der Waals surface area contributed by atoms with E-state index in [4.69, 9.17) is 9.52 Å². The van der Waals surface area contributed by atoms with Crippen LogP contribution >= 0.6 is 35.3 Å². The summed E-state index contributed by atoms with van der Waals surface area (Å²) in [6.07, 6.45) is 2.65. The van der Waals surface area contributed by atoms with E-state index in [2.05, 4.69) is 44.7 Å². The molecule has 1 fully saturated rings. The van der Waals surface area contributed by atoms with E-state index >= 15 is 0 Å². The van der Waals surface area contributed by atoms with Crippen molar-refractivity contribution in [2.24, 2.45) is 4.99 Å². The third-order valence-electron chi connectivity index (χ3n) is 4.08. The number of rotatable bonds is 6. The van der Waals surface area contributed by atoms with Crippen LogP contribution in [0.25, 0.3) is 0 Å².